The van der Waals surface area contributed by atoms with Gasteiger partial charge in [0.25, 0.3) is 0 Å². The smallest absolute Gasteiger partial charge is 0.109 e. The Balaban J connectivity index is 2.39. The van der Waals surface area contributed by atoms with Gasteiger partial charge in [-0.25, -0.2) is 4.98 Å². The van der Waals surface area contributed by atoms with Crippen LogP contribution in [0.4, 0.5) is 0 Å². The number of hydrogen-bond donors (Lipinski definition) is 1. The lowest BCUT2D eigenvalue weighted by Crippen LogP contribution is -2.22. The number of fused-ring (bicyclic) bond motifs is 1. The first-order valence-corrected chi connectivity index (χ1v) is 6.04. The van der Waals surface area contributed by atoms with Crippen LogP contribution in [-0.2, 0) is 12.8 Å². The summed E-state index contributed by atoms with van der Waals surface area (Å²) in [5.41, 5.74) is 8.37. The summed E-state index contributed by atoms with van der Waals surface area (Å²) in [4.78, 5) is 4.67. The Labute approximate surface area is 91.7 Å². The molecule has 1 atom stereocenters. The second-order valence-corrected chi connectivity index (χ2v) is 4.41. The van der Waals surface area contributed by atoms with Crippen LogP contribution in [0.2, 0.25) is 0 Å². The van der Waals surface area contributed by atoms with E-state index >= 15 is 0 Å². The maximum Gasteiger partial charge on any atom is 0.109 e. The van der Waals surface area contributed by atoms with Crippen molar-refractivity contribution in [2.75, 3.05) is 6.54 Å². The molecule has 84 valence electrons. The highest BCUT2D eigenvalue weighted by atomic mass is 15.1. The summed E-state index contributed by atoms with van der Waals surface area (Å²) >= 11 is 0. The molecule has 0 fully saturated rings. The molecule has 1 aliphatic rings. The van der Waals surface area contributed by atoms with E-state index in [-0.39, 0.29) is 0 Å². The van der Waals surface area contributed by atoms with Crippen LogP contribution in [0.5, 0.6) is 0 Å². The van der Waals surface area contributed by atoms with E-state index in [0.717, 1.165) is 19.4 Å². The van der Waals surface area contributed by atoms with E-state index in [4.69, 9.17) is 5.73 Å². The molecule has 0 aromatic carbocycles. The van der Waals surface area contributed by atoms with E-state index in [0.29, 0.717) is 6.04 Å². The zero-order chi connectivity index (χ0) is 10.8. The summed E-state index contributed by atoms with van der Waals surface area (Å²) in [6.45, 7) is 5.10. The molecule has 1 unspecified atom stereocenters. The van der Waals surface area contributed by atoms with Crippen molar-refractivity contribution >= 4 is 0 Å². The van der Waals surface area contributed by atoms with Gasteiger partial charge in [0.05, 0.1) is 5.69 Å². The average molecular weight is 207 g/mol. The van der Waals surface area contributed by atoms with E-state index in [1.165, 1.54) is 36.5 Å². The average Bonchev–Trinajstić information content (AvgIpc) is 2.58. The van der Waals surface area contributed by atoms with Crippen molar-refractivity contribution in [3.8, 4) is 0 Å². The highest BCUT2D eigenvalue weighted by Crippen LogP contribution is 2.30. The first-order valence-electron chi connectivity index (χ1n) is 6.04. The third kappa shape index (κ3) is 1.81. The number of nitrogens with zero attached hydrogens (tertiary/aromatic N) is 2. The van der Waals surface area contributed by atoms with Gasteiger partial charge in [-0.2, -0.15) is 0 Å². The molecule has 2 N–H and O–H groups in total. The quantitative estimate of drug-likeness (QED) is 0.823. The van der Waals surface area contributed by atoms with Gasteiger partial charge in [-0.1, -0.05) is 6.92 Å². The molecule has 3 nitrogen and oxygen atoms in total. The minimum absolute atomic E-state index is 0.606. The molecule has 1 aromatic rings. The second kappa shape index (κ2) is 4.35. The summed E-state index contributed by atoms with van der Waals surface area (Å²) in [5.74, 6) is 1.25. The Bertz CT molecular complexity index is 341. The zero-order valence-corrected chi connectivity index (χ0v) is 9.79. The first-order chi connectivity index (χ1) is 7.27. The van der Waals surface area contributed by atoms with Crippen LogP contribution >= 0.6 is 0 Å². The van der Waals surface area contributed by atoms with Crippen LogP contribution in [0.25, 0.3) is 0 Å². The van der Waals surface area contributed by atoms with Gasteiger partial charge < -0.3 is 10.3 Å². The Kier molecular flexibility index (Phi) is 3.10. The van der Waals surface area contributed by atoms with E-state index in [9.17, 15) is 0 Å². The topological polar surface area (TPSA) is 43.8 Å². The molecule has 0 radical (unpaired) electrons. The van der Waals surface area contributed by atoms with Crippen molar-refractivity contribution in [2.45, 2.75) is 52.0 Å². The maximum absolute atomic E-state index is 5.68. The molecular weight excluding hydrogens is 186 g/mol. The fourth-order valence-corrected chi connectivity index (χ4v) is 2.72. The lowest BCUT2D eigenvalue weighted by atomic mass is 9.99. The van der Waals surface area contributed by atoms with Crippen LogP contribution < -0.4 is 5.73 Å². The highest BCUT2D eigenvalue weighted by Gasteiger charge is 2.23. The van der Waals surface area contributed by atoms with E-state index in [1.807, 2.05) is 0 Å². The van der Waals surface area contributed by atoms with E-state index in [2.05, 4.69) is 23.4 Å². The van der Waals surface area contributed by atoms with Gasteiger partial charge in [-0.15, -0.1) is 0 Å². The predicted octanol–water partition coefficient (Wildman–Crippen LogP) is 1.98. The lowest BCUT2D eigenvalue weighted by Gasteiger charge is -2.27. The molecule has 0 amide bonds. The van der Waals surface area contributed by atoms with Crippen molar-refractivity contribution in [3.05, 3.63) is 17.2 Å². The molecular formula is C12H21N3. The molecule has 0 saturated carbocycles. The van der Waals surface area contributed by atoms with Crippen molar-refractivity contribution in [1.82, 2.24) is 9.55 Å². The van der Waals surface area contributed by atoms with Crippen LogP contribution in [0.1, 0.15) is 49.4 Å². The molecule has 3 heteroatoms. The fraction of sp³-hybridized carbons (Fsp3) is 0.750. The summed E-state index contributed by atoms with van der Waals surface area (Å²) in [7, 11) is 0. The molecule has 0 saturated heterocycles. The van der Waals surface area contributed by atoms with Crippen LogP contribution in [0.3, 0.4) is 0 Å². The third-order valence-electron chi connectivity index (χ3n) is 3.42. The van der Waals surface area contributed by atoms with Gasteiger partial charge in [-0.05, 0) is 39.2 Å². The molecule has 1 aromatic heterocycles. The molecule has 0 aliphatic carbocycles. The number of hydrogen-bond acceptors (Lipinski definition) is 2. The Hall–Kier alpha value is -0.830. The Morgan fingerprint density at radius 2 is 2.33 bits per heavy atom. The summed E-state index contributed by atoms with van der Waals surface area (Å²) in [5, 5.41) is 0. The van der Waals surface area contributed by atoms with Crippen LogP contribution in [-0.4, -0.2) is 16.1 Å². The summed E-state index contributed by atoms with van der Waals surface area (Å²) in [6.07, 6.45) is 5.88. The standard InChI is InChI=1S/C12H21N3/c1-3-12-14-9(2)11-6-4-5-10(7-8-13)15(11)12/h10H,3-8,13H2,1-2H3. The van der Waals surface area contributed by atoms with Gasteiger partial charge in [0.1, 0.15) is 5.82 Å². The van der Waals surface area contributed by atoms with Gasteiger partial charge in [0, 0.05) is 18.2 Å². The maximum atomic E-state index is 5.68. The third-order valence-corrected chi connectivity index (χ3v) is 3.42. The van der Waals surface area contributed by atoms with Gasteiger partial charge in [0.2, 0.25) is 0 Å². The predicted molar refractivity (Wildman–Crippen MR) is 62.0 cm³/mol. The van der Waals surface area contributed by atoms with Crippen LogP contribution in [0.15, 0.2) is 0 Å². The summed E-state index contributed by atoms with van der Waals surface area (Å²) < 4.78 is 2.46. The Morgan fingerprint density at radius 1 is 1.53 bits per heavy atom. The molecule has 2 heterocycles. The number of aryl methyl sites for hydroxylation is 2. The molecule has 1 aliphatic heterocycles. The van der Waals surface area contributed by atoms with Gasteiger partial charge in [-0.3, -0.25) is 0 Å². The van der Waals surface area contributed by atoms with Crippen molar-refractivity contribution < 1.29 is 0 Å². The van der Waals surface area contributed by atoms with Gasteiger partial charge >= 0.3 is 0 Å². The Morgan fingerprint density at radius 3 is 3.00 bits per heavy atom. The monoisotopic (exact) mass is 207 g/mol. The largest absolute Gasteiger partial charge is 0.330 e. The molecule has 2 rings (SSSR count). The van der Waals surface area contributed by atoms with Crippen molar-refractivity contribution in [1.29, 1.82) is 0 Å². The zero-order valence-electron chi connectivity index (χ0n) is 9.79. The lowest BCUT2D eigenvalue weighted by molar-refractivity contribution is 0.373. The molecule has 0 bridgehead atoms. The van der Waals surface area contributed by atoms with E-state index in [1.54, 1.807) is 0 Å². The minimum atomic E-state index is 0.606. The number of aromatic nitrogens is 2. The van der Waals surface area contributed by atoms with Crippen molar-refractivity contribution in [2.24, 2.45) is 5.73 Å². The molecule has 0 spiro atoms. The van der Waals surface area contributed by atoms with Crippen molar-refractivity contribution in [3.63, 3.8) is 0 Å². The van der Waals surface area contributed by atoms with Crippen LogP contribution in [0, 0.1) is 6.92 Å². The first kappa shape index (κ1) is 10.7. The number of nitrogens with two attached hydrogens (primary N) is 1. The fourth-order valence-electron chi connectivity index (χ4n) is 2.72. The highest BCUT2D eigenvalue weighted by molar-refractivity contribution is 5.19. The normalized spacial score (nSPS) is 20.3. The molecule has 15 heavy (non-hydrogen) atoms. The second-order valence-electron chi connectivity index (χ2n) is 4.41. The SMILES string of the molecule is CCc1nc(C)c2n1C(CCN)CCC2. The van der Waals surface area contributed by atoms with Gasteiger partial charge in [0.15, 0.2) is 0 Å². The summed E-state index contributed by atoms with van der Waals surface area (Å²) in [6, 6.07) is 0.606. The number of imidazole rings is 1. The minimum Gasteiger partial charge on any atom is -0.330 e. The number of rotatable bonds is 3. The van der Waals surface area contributed by atoms with E-state index < -0.39 is 0 Å².